The number of carbonyl (C=O) groups excluding carboxylic acids is 1. The van der Waals surface area contributed by atoms with Crippen LogP contribution >= 0.6 is 0 Å². The largest absolute Gasteiger partial charge is 0.465 e. The number of pyridine rings is 1. The molecule has 1 aliphatic heterocycles. The summed E-state index contributed by atoms with van der Waals surface area (Å²) in [7, 11) is 0. The molecule has 0 saturated carbocycles. The Morgan fingerprint density at radius 1 is 1.08 bits per heavy atom. The van der Waals surface area contributed by atoms with Gasteiger partial charge in [-0.05, 0) is 94.1 Å². The fourth-order valence-electron chi connectivity index (χ4n) is 6.00. The molecule has 0 bridgehead atoms. The third-order valence-corrected chi connectivity index (χ3v) is 7.94. The van der Waals surface area contributed by atoms with Gasteiger partial charge < -0.3 is 10.4 Å². The van der Waals surface area contributed by atoms with E-state index < -0.39 is 11.6 Å². The predicted octanol–water partition coefficient (Wildman–Crippen LogP) is 6.18. The van der Waals surface area contributed by atoms with E-state index in [1.807, 2.05) is 38.1 Å². The SMILES string of the molecule is CC(C)(Cc1c2c(nc3ccccc13)CCC(=CCC1CCN(Cc3ccccc3)CC1)C2=O)NC(=O)O. The highest BCUT2D eigenvalue weighted by Crippen LogP contribution is 2.34. The number of rotatable bonds is 7. The van der Waals surface area contributed by atoms with Crippen molar-refractivity contribution in [2.75, 3.05) is 13.1 Å². The number of Topliss-reactive ketones (excluding diaryl/α,β-unsaturated/α-hetero) is 1. The first-order valence-electron chi connectivity index (χ1n) is 13.7. The molecule has 1 aromatic heterocycles. The molecular formula is C32H37N3O3. The fourth-order valence-corrected chi connectivity index (χ4v) is 6.00. The molecule has 1 fully saturated rings. The maximum atomic E-state index is 13.9. The molecule has 6 nitrogen and oxygen atoms in total. The first-order valence-corrected chi connectivity index (χ1v) is 13.7. The lowest BCUT2D eigenvalue weighted by atomic mass is 9.81. The number of ketones is 1. The summed E-state index contributed by atoms with van der Waals surface area (Å²) in [5.41, 5.74) is 4.79. The van der Waals surface area contributed by atoms with Gasteiger partial charge in [-0.1, -0.05) is 54.6 Å². The van der Waals surface area contributed by atoms with E-state index in [9.17, 15) is 14.7 Å². The summed E-state index contributed by atoms with van der Waals surface area (Å²) in [6.07, 6.45) is 6.20. The van der Waals surface area contributed by atoms with Crippen molar-refractivity contribution in [2.45, 2.75) is 64.5 Å². The van der Waals surface area contributed by atoms with Crippen LogP contribution in [0.4, 0.5) is 4.79 Å². The summed E-state index contributed by atoms with van der Waals surface area (Å²) in [4.78, 5) is 32.7. The average Bonchev–Trinajstić information content (AvgIpc) is 2.89. The lowest BCUT2D eigenvalue weighted by molar-refractivity contribution is 0.102. The number of piperidine rings is 1. The summed E-state index contributed by atoms with van der Waals surface area (Å²) in [6.45, 7) is 6.89. The topological polar surface area (TPSA) is 82.5 Å². The molecule has 1 amide bonds. The summed E-state index contributed by atoms with van der Waals surface area (Å²) < 4.78 is 0. The van der Waals surface area contributed by atoms with E-state index >= 15 is 0 Å². The Morgan fingerprint density at radius 3 is 2.53 bits per heavy atom. The molecular weight excluding hydrogens is 474 g/mol. The zero-order valence-corrected chi connectivity index (χ0v) is 22.4. The Hall–Kier alpha value is -3.51. The molecule has 1 aliphatic carbocycles. The minimum Gasteiger partial charge on any atom is -0.465 e. The number of likely N-dealkylation sites (tertiary alicyclic amines) is 1. The van der Waals surface area contributed by atoms with Crippen LogP contribution in [0.15, 0.2) is 66.2 Å². The van der Waals surface area contributed by atoms with Crippen molar-refractivity contribution >= 4 is 22.8 Å². The number of aryl methyl sites for hydroxylation is 1. The van der Waals surface area contributed by atoms with Crippen LogP contribution < -0.4 is 5.32 Å². The number of para-hydroxylation sites is 1. The number of nitrogens with zero attached hydrogens (tertiary/aromatic N) is 2. The molecule has 6 heteroatoms. The predicted molar refractivity (Wildman–Crippen MR) is 150 cm³/mol. The molecule has 0 unspecified atom stereocenters. The standard InChI is InChI=1S/C32H37N3O3/c1-32(2,34-31(37)38)20-26-25-10-6-7-11-27(25)33-28-15-14-24(30(36)29(26)28)13-12-22-16-18-35(19-17-22)21-23-8-4-3-5-9-23/h3-11,13,22,34H,12,14-21H2,1-2H3,(H,37,38). The van der Waals surface area contributed by atoms with Crippen molar-refractivity contribution < 1.29 is 14.7 Å². The molecule has 0 atom stereocenters. The summed E-state index contributed by atoms with van der Waals surface area (Å²) in [5, 5.41) is 12.9. The zero-order valence-electron chi connectivity index (χ0n) is 22.4. The van der Waals surface area contributed by atoms with Crippen molar-refractivity contribution in [3.63, 3.8) is 0 Å². The third kappa shape index (κ3) is 5.97. The van der Waals surface area contributed by atoms with Crippen LogP contribution in [0.25, 0.3) is 10.9 Å². The number of carboxylic acid groups (broad SMARTS) is 1. The first kappa shape index (κ1) is 26.1. The number of allylic oxidation sites excluding steroid dienone is 2. The number of hydrogen-bond donors (Lipinski definition) is 2. The second kappa shape index (κ2) is 11.1. The number of fused-ring (bicyclic) bond motifs is 2. The number of benzene rings is 2. The highest BCUT2D eigenvalue weighted by Gasteiger charge is 2.31. The lowest BCUT2D eigenvalue weighted by Crippen LogP contribution is -2.44. The maximum Gasteiger partial charge on any atom is 0.405 e. The van der Waals surface area contributed by atoms with Gasteiger partial charge in [-0.25, -0.2) is 4.79 Å². The van der Waals surface area contributed by atoms with Gasteiger partial charge in [0.25, 0.3) is 0 Å². The van der Waals surface area contributed by atoms with Gasteiger partial charge in [-0.2, -0.15) is 0 Å². The Balaban J connectivity index is 1.32. The first-order chi connectivity index (χ1) is 18.3. The second-order valence-electron chi connectivity index (χ2n) is 11.4. The molecule has 198 valence electrons. The normalized spacial score (nSPS) is 18.1. The van der Waals surface area contributed by atoms with Gasteiger partial charge in [-0.3, -0.25) is 14.7 Å². The van der Waals surface area contributed by atoms with Crippen LogP contribution in [0, 0.1) is 5.92 Å². The highest BCUT2D eigenvalue weighted by molar-refractivity contribution is 6.13. The van der Waals surface area contributed by atoms with Crippen molar-refractivity contribution in [3.8, 4) is 0 Å². The number of amides is 1. The van der Waals surface area contributed by atoms with E-state index in [0.717, 1.165) is 73.1 Å². The average molecular weight is 512 g/mol. The van der Waals surface area contributed by atoms with Gasteiger partial charge in [0.15, 0.2) is 5.78 Å². The quantitative estimate of drug-likeness (QED) is 0.370. The number of nitrogens with one attached hydrogen (secondary N) is 1. The van der Waals surface area contributed by atoms with E-state index in [4.69, 9.17) is 4.98 Å². The molecule has 0 radical (unpaired) electrons. The van der Waals surface area contributed by atoms with Gasteiger partial charge in [0.05, 0.1) is 11.2 Å². The van der Waals surface area contributed by atoms with Crippen molar-refractivity contribution in [1.82, 2.24) is 15.2 Å². The fraction of sp³-hybridized carbons (Fsp3) is 0.406. The van der Waals surface area contributed by atoms with Crippen LogP contribution in [-0.4, -0.2) is 45.5 Å². The Kier molecular flexibility index (Phi) is 7.61. The van der Waals surface area contributed by atoms with Crippen LogP contribution in [-0.2, 0) is 19.4 Å². The molecule has 2 aliphatic rings. The van der Waals surface area contributed by atoms with Crippen molar-refractivity contribution in [2.24, 2.45) is 5.92 Å². The van der Waals surface area contributed by atoms with E-state index in [1.165, 1.54) is 5.56 Å². The number of aromatic nitrogens is 1. The molecule has 2 aromatic carbocycles. The molecule has 0 spiro atoms. The number of carbonyl (C=O) groups is 2. The monoisotopic (exact) mass is 511 g/mol. The van der Waals surface area contributed by atoms with Gasteiger partial charge in [-0.15, -0.1) is 0 Å². The van der Waals surface area contributed by atoms with Crippen molar-refractivity contribution in [3.05, 3.63) is 88.6 Å². The Bertz CT molecular complexity index is 1360. The van der Waals surface area contributed by atoms with Gasteiger partial charge in [0.2, 0.25) is 0 Å². The zero-order chi connectivity index (χ0) is 26.7. The smallest absolute Gasteiger partial charge is 0.405 e. The molecule has 5 rings (SSSR count). The summed E-state index contributed by atoms with van der Waals surface area (Å²) in [6, 6.07) is 18.5. The molecule has 3 aromatic rings. The third-order valence-electron chi connectivity index (χ3n) is 7.94. The molecule has 2 heterocycles. The summed E-state index contributed by atoms with van der Waals surface area (Å²) >= 11 is 0. The lowest BCUT2D eigenvalue weighted by Gasteiger charge is -2.32. The Labute approximate surface area is 224 Å². The van der Waals surface area contributed by atoms with Crippen molar-refractivity contribution in [1.29, 1.82) is 0 Å². The van der Waals surface area contributed by atoms with Gasteiger partial charge >= 0.3 is 6.09 Å². The Morgan fingerprint density at radius 2 is 1.79 bits per heavy atom. The highest BCUT2D eigenvalue weighted by atomic mass is 16.4. The van der Waals surface area contributed by atoms with Crippen LogP contribution in [0.5, 0.6) is 0 Å². The minimum atomic E-state index is -1.07. The van der Waals surface area contributed by atoms with E-state index in [-0.39, 0.29) is 5.78 Å². The molecule has 2 N–H and O–H groups in total. The van der Waals surface area contributed by atoms with Crippen LogP contribution in [0.2, 0.25) is 0 Å². The minimum absolute atomic E-state index is 0.0622. The number of hydrogen-bond acceptors (Lipinski definition) is 4. The summed E-state index contributed by atoms with van der Waals surface area (Å²) in [5.74, 6) is 0.656. The van der Waals surface area contributed by atoms with Crippen LogP contribution in [0.3, 0.4) is 0 Å². The van der Waals surface area contributed by atoms with E-state index in [0.29, 0.717) is 24.3 Å². The van der Waals surface area contributed by atoms with E-state index in [1.54, 1.807) is 0 Å². The maximum absolute atomic E-state index is 13.9. The van der Waals surface area contributed by atoms with Gasteiger partial charge in [0, 0.05) is 23.0 Å². The van der Waals surface area contributed by atoms with E-state index in [2.05, 4.69) is 46.6 Å². The van der Waals surface area contributed by atoms with Gasteiger partial charge in [0.1, 0.15) is 0 Å². The molecule has 38 heavy (non-hydrogen) atoms. The van der Waals surface area contributed by atoms with Crippen LogP contribution in [0.1, 0.15) is 66.7 Å². The molecule has 1 saturated heterocycles. The second-order valence-corrected chi connectivity index (χ2v) is 11.4.